The molecule has 0 aromatic heterocycles. The van der Waals surface area contributed by atoms with E-state index in [9.17, 15) is 4.79 Å². The smallest absolute Gasteiger partial charge is 0.410 e. The molecule has 1 aliphatic heterocycles. The molecule has 32 heavy (non-hydrogen) atoms. The van der Waals surface area contributed by atoms with Crippen molar-refractivity contribution in [2.75, 3.05) is 13.1 Å². The molecule has 1 heterocycles. The van der Waals surface area contributed by atoms with Crippen molar-refractivity contribution in [1.29, 1.82) is 0 Å². The van der Waals surface area contributed by atoms with Gasteiger partial charge in [-0.15, -0.1) is 0 Å². The van der Waals surface area contributed by atoms with E-state index in [0.717, 1.165) is 29.5 Å². The predicted molar refractivity (Wildman–Crippen MR) is 127 cm³/mol. The molecule has 6 heteroatoms. The third-order valence-electron chi connectivity index (χ3n) is 5.59. The van der Waals surface area contributed by atoms with Crippen LogP contribution in [-0.4, -0.2) is 30.2 Å². The zero-order valence-electron chi connectivity index (χ0n) is 17.6. The highest BCUT2D eigenvalue weighted by Crippen LogP contribution is 2.34. The summed E-state index contributed by atoms with van der Waals surface area (Å²) in [4.78, 5) is 14.2. The van der Waals surface area contributed by atoms with Crippen LogP contribution in [0.2, 0.25) is 10.0 Å². The summed E-state index contributed by atoms with van der Waals surface area (Å²) in [5, 5.41) is 1.34. The Kier molecular flexibility index (Phi) is 7.69. The maximum absolute atomic E-state index is 12.5. The third-order valence-corrected chi connectivity index (χ3v) is 6.19. The van der Waals surface area contributed by atoms with E-state index in [-0.39, 0.29) is 24.9 Å². The molecule has 0 N–H and O–H groups in total. The van der Waals surface area contributed by atoms with E-state index >= 15 is 0 Å². The van der Waals surface area contributed by atoms with Crippen LogP contribution in [-0.2, 0) is 16.1 Å². The minimum Gasteiger partial charge on any atom is -0.445 e. The fourth-order valence-electron chi connectivity index (χ4n) is 3.83. The lowest BCUT2D eigenvalue weighted by atomic mass is 10.00. The molecule has 1 unspecified atom stereocenters. The van der Waals surface area contributed by atoms with E-state index in [2.05, 4.69) is 0 Å². The van der Waals surface area contributed by atoms with E-state index in [1.54, 1.807) is 4.90 Å². The van der Waals surface area contributed by atoms with Gasteiger partial charge in [-0.1, -0.05) is 83.9 Å². The highest BCUT2D eigenvalue weighted by atomic mass is 35.5. The number of nitrogens with zero attached hydrogens (tertiary/aromatic N) is 1. The van der Waals surface area contributed by atoms with Crippen LogP contribution in [0.25, 0.3) is 0 Å². The Morgan fingerprint density at radius 2 is 1.56 bits per heavy atom. The topological polar surface area (TPSA) is 38.8 Å². The molecule has 166 valence electrons. The Hall–Kier alpha value is -2.53. The van der Waals surface area contributed by atoms with Crippen LogP contribution in [0.3, 0.4) is 0 Å². The Labute approximate surface area is 198 Å². The fraction of sp³-hybridized carbons (Fsp3) is 0.269. The highest BCUT2D eigenvalue weighted by Gasteiger charge is 2.28. The molecular weight excluding hydrogens is 445 g/mol. The van der Waals surface area contributed by atoms with Gasteiger partial charge in [0.25, 0.3) is 0 Å². The number of hydrogen-bond acceptors (Lipinski definition) is 3. The molecule has 0 aliphatic carbocycles. The summed E-state index contributed by atoms with van der Waals surface area (Å²) in [5.41, 5.74) is 2.89. The molecule has 1 saturated heterocycles. The second-order valence-corrected chi connectivity index (χ2v) is 8.66. The minimum absolute atomic E-state index is 0.00474. The molecule has 4 nitrogen and oxygen atoms in total. The molecule has 0 radical (unpaired) electrons. The van der Waals surface area contributed by atoms with E-state index in [1.807, 2.05) is 78.9 Å². The van der Waals surface area contributed by atoms with Gasteiger partial charge in [0.05, 0.1) is 6.10 Å². The maximum Gasteiger partial charge on any atom is 0.410 e. The number of likely N-dealkylation sites (tertiary alicyclic amines) is 1. The second kappa shape index (κ2) is 10.9. The van der Waals surface area contributed by atoms with Crippen LogP contribution >= 0.6 is 23.2 Å². The van der Waals surface area contributed by atoms with Crippen LogP contribution < -0.4 is 0 Å². The number of halogens is 2. The first-order chi connectivity index (χ1) is 15.6. The van der Waals surface area contributed by atoms with Gasteiger partial charge in [0.15, 0.2) is 0 Å². The van der Waals surface area contributed by atoms with Crippen molar-refractivity contribution in [2.45, 2.75) is 31.7 Å². The molecule has 1 atom stereocenters. The number of carbonyl (C=O) groups excluding carboxylic acids is 1. The summed E-state index contributed by atoms with van der Waals surface area (Å²) in [5.74, 6) is 0. The highest BCUT2D eigenvalue weighted by molar-refractivity contribution is 6.31. The van der Waals surface area contributed by atoms with Gasteiger partial charge in [-0.25, -0.2) is 4.79 Å². The zero-order valence-corrected chi connectivity index (χ0v) is 19.1. The van der Waals surface area contributed by atoms with Gasteiger partial charge in [-0.3, -0.25) is 0 Å². The van der Waals surface area contributed by atoms with Gasteiger partial charge in [0, 0.05) is 28.7 Å². The van der Waals surface area contributed by atoms with E-state index < -0.39 is 0 Å². The normalized spacial score (nSPS) is 15.4. The van der Waals surface area contributed by atoms with Gasteiger partial charge in [-0.05, 0) is 42.2 Å². The van der Waals surface area contributed by atoms with Crippen molar-refractivity contribution in [3.8, 4) is 0 Å². The lowest BCUT2D eigenvalue weighted by Gasteiger charge is -2.34. The average molecular weight is 470 g/mol. The maximum atomic E-state index is 12.5. The summed E-state index contributed by atoms with van der Waals surface area (Å²) >= 11 is 12.6. The van der Waals surface area contributed by atoms with Crippen LogP contribution in [0.4, 0.5) is 4.79 Å². The molecule has 4 rings (SSSR count). The van der Waals surface area contributed by atoms with Crippen molar-refractivity contribution in [1.82, 2.24) is 4.90 Å². The predicted octanol–water partition coefficient (Wildman–Crippen LogP) is 6.90. The number of ether oxygens (including phenoxy) is 2. The van der Waals surface area contributed by atoms with E-state index in [0.29, 0.717) is 23.1 Å². The average Bonchev–Trinajstić information content (AvgIpc) is 2.83. The number of rotatable bonds is 6. The quantitative estimate of drug-likeness (QED) is 0.393. The minimum atomic E-state index is -0.303. The lowest BCUT2D eigenvalue weighted by molar-refractivity contribution is -0.0266. The fourth-order valence-corrected chi connectivity index (χ4v) is 4.20. The van der Waals surface area contributed by atoms with Crippen LogP contribution in [0.5, 0.6) is 0 Å². The summed E-state index contributed by atoms with van der Waals surface area (Å²) in [6.07, 6.45) is 0.879. The molecular formula is C26H25Cl2NO3. The standard InChI is InChI=1S/C26H25Cl2NO3/c27-21-12-10-20(11-13-21)25(23-8-4-5-9-24(23)28)32-22-14-16-29(17-15-22)26(30)31-18-19-6-2-1-3-7-19/h1-13,22,25H,14-18H2. The first-order valence-corrected chi connectivity index (χ1v) is 11.5. The molecule has 3 aromatic rings. The van der Waals surface area contributed by atoms with E-state index in [4.69, 9.17) is 32.7 Å². The lowest BCUT2D eigenvalue weighted by Crippen LogP contribution is -2.41. The van der Waals surface area contributed by atoms with Gasteiger partial charge < -0.3 is 14.4 Å². The summed E-state index contributed by atoms with van der Waals surface area (Å²) in [7, 11) is 0. The second-order valence-electron chi connectivity index (χ2n) is 7.82. The van der Waals surface area contributed by atoms with Gasteiger partial charge in [0.1, 0.15) is 12.7 Å². The zero-order chi connectivity index (χ0) is 22.3. The van der Waals surface area contributed by atoms with Gasteiger partial charge in [0.2, 0.25) is 0 Å². The third kappa shape index (κ3) is 5.83. The van der Waals surface area contributed by atoms with E-state index in [1.165, 1.54) is 0 Å². The van der Waals surface area contributed by atoms with Crippen molar-refractivity contribution in [2.24, 2.45) is 0 Å². The number of piperidine rings is 1. The number of hydrogen-bond donors (Lipinski definition) is 0. The Bertz CT molecular complexity index is 1020. The molecule has 0 saturated carbocycles. The number of carbonyl (C=O) groups is 1. The largest absolute Gasteiger partial charge is 0.445 e. The van der Waals surface area contributed by atoms with Crippen molar-refractivity contribution in [3.63, 3.8) is 0 Å². The van der Waals surface area contributed by atoms with Crippen LogP contribution in [0, 0.1) is 0 Å². The number of benzene rings is 3. The Morgan fingerprint density at radius 1 is 0.906 bits per heavy atom. The first kappa shape index (κ1) is 22.7. The van der Waals surface area contributed by atoms with Gasteiger partial charge >= 0.3 is 6.09 Å². The van der Waals surface area contributed by atoms with Crippen LogP contribution in [0.1, 0.15) is 35.6 Å². The summed E-state index contributed by atoms with van der Waals surface area (Å²) < 4.78 is 12.0. The van der Waals surface area contributed by atoms with Crippen molar-refractivity contribution in [3.05, 3.63) is 106 Å². The summed E-state index contributed by atoms with van der Waals surface area (Å²) in [6.45, 7) is 1.46. The molecule has 0 spiro atoms. The molecule has 3 aromatic carbocycles. The van der Waals surface area contributed by atoms with Crippen molar-refractivity contribution < 1.29 is 14.3 Å². The molecule has 0 bridgehead atoms. The SMILES string of the molecule is O=C(OCc1ccccc1)N1CCC(OC(c2ccc(Cl)cc2)c2ccccc2Cl)CC1. The van der Waals surface area contributed by atoms with Crippen LogP contribution in [0.15, 0.2) is 78.9 Å². The summed E-state index contributed by atoms with van der Waals surface area (Å²) in [6, 6.07) is 25.1. The molecule has 1 fully saturated rings. The van der Waals surface area contributed by atoms with Gasteiger partial charge in [-0.2, -0.15) is 0 Å². The monoisotopic (exact) mass is 469 g/mol. The number of amides is 1. The first-order valence-electron chi connectivity index (χ1n) is 10.7. The Balaban J connectivity index is 1.37. The Morgan fingerprint density at radius 3 is 2.25 bits per heavy atom. The molecule has 1 aliphatic rings. The molecule has 1 amide bonds. The van der Waals surface area contributed by atoms with Crippen molar-refractivity contribution >= 4 is 29.3 Å².